The van der Waals surface area contributed by atoms with Crippen LogP contribution in [0.1, 0.15) is 0 Å². The molecule has 0 saturated heterocycles. The van der Waals surface area contributed by atoms with E-state index in [1.807, 2.05) is 0 Å². The van der Waals surface area contributed by atoms with Gasteiger partial charge in [0.05, 0.1) is 0 Å². The van der Waals surface area contributed by atoms with Gasteiger partial charge < -0.3 is 0 Å². The minimum absolute atomic E-state index is 2.73. The summed E-state index contributed by atoms with van der Waals surface area (Å²) in [5.74, 6) is 0. The van der Waals surface area contributed by atoms with E-state index in [1.54, 1.807) is 0 Å². The van der Waals surface area contributed by atoms with E-state index >= 15 is 0 Å². The molecule has 0 saturated carbocycles. The molecule has 0 aliphatic carbocycles. The van der Waals surface area contributed by atoms with E-state index in [9.17, 15) is 17.6 Å². The van der Waals surface area contributed by atoms with Gasteiger partial charge in [-0.25, -0.2) is 4.39 Å². The van der Waals surface area contributed by atoms with Crippen LogP contribution in [0.15, 0.2) is 0 Å². The van der Waals surface area contributed by atoms with E-state index in [-0.39, 0.29) is 0 Å². The van der Waals surface area contributed by atoms with E-state index in [0.29, 0.717) is 0 Å². The van der Waals surface area contributed by atoms with Crippen molar-refractivity contribution in [3.8, 4) is 0 Å². The first kappa shape index (κ1) is 11.6. The van der Waals surface area contributed by atoms with Gasteiger partial charge in [0.2, 0.25) is 3.79 Å². The van der Waals surface area contributed by atoms with Crippen LogP contribution in [0, 0.1) is 0 Å². The molecule has 1 unspecified atom stereocenters. The average molecular weight is 235 g/mol. The van der Waals surface area contributed by atoms with Crippen molar-refractivity contribution in [2.45, 2.75) is 16.5 Å². The number of hydrogen-bond donors (Lipinski definition) is 0. The van der Waals surface area contributed by atoms with Crippen LogP contribution in [0.25, 0.3) is 0 Å². The first-order valence-electron chi connectivity index (χ1n) is 2.08. The fourth-order valence-corrected chi connectivity index (χ4v) is 0.318. The normalized spacial score (nSPS) is 16.6. The lowest BCUT2D eigenvalue weighted by atomic mass is 10.8. The minimum atomic E-state index is -5.15. The molecule has 1 atom stereocenters. The highest BCUT2D eigenvalue weighted by Gasteiger charge is 2.43. The van der Waals surface area contributed by atoms with Crippen molar-refractivity contribution in [3.63, 3.8) is 0 Å². The Morgan fingerprint density at radius 3 is 1.55 bits per heavy atom. The molecule has 0 N–H and O–H groups in total. The lowest BCUT2D eigenvalue weighted by Crippen LogP contribution is -2.30. The van der Waals surface area contributed by atoms with E-state index in [2.05, 4.69) is 4.74 Å². The van der Waals surface area contributed by atoms with Crippen molar-refractivity contribution in [2.24, 2.45) is 0 Å². The van der Waals surface area contributed by atoms with Crippen molar-refractivity contribution >= 4 is 34.8 Å². The summed E-state index contributed by atoms with van der Waals surface area (Å²) in [6.07, 6.45) is -8.17. The third kappa shape index (κ3) is 5.78. The Balaban J connectivity index is 3.99. The standard InChI is InChI=1S/C3HCl3F4O/c4-2(5,6)1(7)11-3(8,9)10/h1H. The van der Waals surface area contributed by atoms with Gasteiger partial charge >= 0.3 is 6.36 Å². The number of alkyl halides is 7. The van der Waals surface area contributed by atoms with E-state index in [1.165, 1.54) is 0 Å². The molecule has 0 bridgehead atoms. The van der Waals surface area contributed by atoms with Crippen LogP contribution in [0.5, 0.6) is 0 Å². The summed E-state index contributed by atoms with van der Waals surface area (Å²) in [6, 6.07) is 0. The molecule has 8 heteroatoms. The molecule has 0 aliphatic rings. The predicted octanol–water partition coefficient (Wildman–Crippen LogP) is 3.19. The minimum Gasteiger partial charge on any atom is -0.252 e. The maximum Gasteiger partial charge on any atom is 0.525 e. The van der Waals surface area contributed by atoms with Crippen LogP contribution in [0.4, 0.5) is 17.6 Å². The molecule has 11 heavy (non-hydrogen) atoms. The van der Waals surface area contributed by atoms with Crippen molar-refractivity contribution < 1.29 is 22.3 Å². The highest BCUT2D eigenvalue weighted by atomic mass is 35.6. The van der Waals surface area contributed by atoms with E-state index in [0.717, 1.165) is 0 Å². The average Bonchev–Trinajstić information content (AvgIpc) is 1.56. The Hall–Kier alpha value is 0.550. The second-order valence-corrected chi connectivity index (χ2v) is 3.79. The van der Waals surface area contributed by atoms with Crippen molar-refractivity contribution in [1.29, 1.82) is 0 Å². The molecule has 68 valence electrons. The van der Waals surface area contributed by atoms with Crippen LogP contribution >= 0.6 is 34.8 Å². The Kier molecular flexibility index (Phi) is 3.69. The van der Waals surface area contributed by atoms with Gasteiger partial charge in [0.25, 0.3) is 6.36 Å². The first-order chi connectivity index (χ1) is 4.63. The zero-order valence-electron chi connectivity index (χ0n) is 4.63. The Labute approximate surface area is 74.2 Å². The summed E-state index contributed by atoms with van der Waals surface area (Å²) < 4.78 is 45.7. The number of hydrogen-bond acceptors (Lipinski definition) is 1. The summed E-state index contributed by atoms with van der Waals surface area (Å²) in [7, 11) is 0. The highest BCUT2D eigenvalue weighted by molar-refractivity contribution is 6.67. The van der Waals surface area contributed by atoms with Crippen LogP contribution in [-0.4, -0.2) is 16.5 Å². The smallest absolute Gasteiger partial charge is 0.252 e. The van der Waals surface area contributed by atoms with Crippen LogP contribution in [0.3, 0.4) is 0 Å². The third-order valence-electron chi connectivity index (χ3n) is 0.494. The quantitative estimate of drug-likeness (QED) is 0.501. The second kappa shape index (κ2) is 3.51. The van der Waals surface area contributed by atoms with Gasteiger partial charge in [0, 0.05) is 0 Å². The van der Waals surface area contributed by atoms with Gasteiger partial charge in [0.1, 0.15) is 0 Å². The Morgan fingerprint density at radius 2 is 1.45 bits per heavy atom. The van der Waals surface area contributed by atoms with Crippen LogP contribution < -0.4 is 0 Å². The van der Waals surface area contributed by atoms with Gasteiger partial charge in [-0.15, -0.1) is 13.2 Å². The molecule has 0 fully saturated rings. The van der Waals surface area contributed by atoms with Gasteiger partial charge in [-0.1, -0.05) is 34.8 Å². The van der Waals surface area contributed by atoms with Gasteiger partial charge in [-0.3, -0.25) is 4.74 Å². The van der Waals surface area contributed by atoms with Crippen LogP contribution in [0.2, 0.25) is 0 Å². The fraction of sp³-hybridized carbons (Fsp3) is 1.00. The van der Waals surface area contributed by atoms with Gasteiger partial charge in [-0.05, 0) is 0 Å². The fourth-order valence-electron chi connectivity index (χ4n) is 0.184. The maximum atomic E-state index is 12.1. The summed E-state index contributed by atoms with van der Waals surface area (Å²) >= 11 is 14.2. The number of rotatable bonds is 1. The molecule has 0 aromatic rings. The summed E-state index contributed by atoms with van der Waals surface area (Å²) in [5, 5.41) is 0. The summed E-state index contributed by atoms with van der Waals surface area (Å²) in [4.78, 5) is 0. The molecule has 1 nitrogen and oxygen atoms in total. The van der Waals surface area contributed by atoms with Crippen molar-refractivity contribution in [3.05, 3.63) is 0 Å². The zero-order chi connectivity index (χ0) is 9.28. The molecule has 0 heterocycles. The zero-order valence-corrected chi connectivity index (χ0v) is 6.90. The van der Waals surface area contributed by atoms with Crippen molar-refractivity contribution in [1.82, 2.24) is 0 Å². The Bertz CT molecular complexity index is 130. The SMILES string of the molecule is FC(OC(F)(F)F)C(Cl)(Cl)Cl. The molecule has 0 radical (unpaired) electrons. The molecule has 0 rings (SSSR count). The van der Waals surface area contributed by atoms with Gasteiger partial charge in [-0.2, -0.15) is 0 Å². The highest BCUT2D eigenvalue weighted by Crippen LogP contribution is 2.36. The summed E-state index contributed by atoms with van der Waals surface area (Å²) in [6.45, 7) is 0. The molecule has 0 amide bonds. The largest absolute Gasteiger partial charge is 0.525 e. The lowest BCUT2D eigenvalue weighted by Gasteiger charge is -2.17. The third-order valence-corrected chi connectivity index (χ3v) is 1.01. The number of ether oxygens (including phenoxy) is 1. The molecular formula is C3HCl3F4O. The monoisotopic (exact) mass is 234 g/mol. The van der Waals surface area contributed by atoms with Gasteiger partial charge in [0.15, 0.2) is 0 Å². The first-order valence-corrected chi connectivity index (χ1v) is 3.21. The van der Waals surface area contributed by atoms with Crippen molar-refractivity contribution in [2.75, 3.05) is 0 Å². The molecule has 0 aromatic carbocycles. The lowest BCUT2D eigenvalue weighted by molar-refractivity contribution is -0.359. The maximum absolute atomic E-state index is 12.1. The molecule has 0 aromatic heterocycles. The Morgan fingerprint density at radius 1 is 1.09 bits per heavy atom. The molecule has 0 spiro atoms. The topological polar surface area (TPSA) is 9.23 Å². The predicted molar refractivity (Wildman–Crippen MR) is 32.3 cm³/mol. The second-order valence-electron chi connectivity index (χ2n) is 1.42. The molecular weight excluding hydrogens is 234 g/mol. The van der Waals surface area contributed by atoms with E-state index in [4.69, 9.17) is 34.8 Å². The molecule has 0 aliphatic heterocycles. The van der Waals surface area contributed by atoms with Crippen LogP contribution in [-0.2, 0) is 4.74 Å². The summed E-state index contributed by atoms with van der Waals surface area (Å²) in [5.41, 5.74) is 0. The van der Waals surface area contributed by atoms with E-state index < -0.39 is 16.5 Å². The number of halogens is 7.